The molecule has 0 N–H and O–H groups in total. The number of carbonyl (C=O) groups excluding carboxylic acids is 1. The van der Waals surface area contributed by atoms with Crippen LogP contribution in [0.15, 0.2) is 0 Å². The van der Waals surface area contributed by atoms with Gasteiger partial charge in [0, 0.05) is 24.9 Å². The lowest BCUT2D eigenvalue weighted by atomic mass is 9.92. The number of amides is 1. The van der Waals surface area contributed by atoms with E-state index in [9.17, 15) is 4.79 Å². The number of thioether (sulfide) groups is 1. The van der Waals surface area contributed by atoms with Gasteiger partial charge in [-0.05, 0) is 45.0 Å². The summed E-state index contributed by atoms with van der Waals surface area (Å²) in [5, 5.41) is 0. The number of piperidine rings is 1. The molecule has 2 fully saturated rings. The first kappa shape index (κ1) is 15.2. The molecule has 2 aliphatic heterocycles. The van der Waals surface area contributed by atoms with Gasteiger partial charge in [-0.15, -0.1) is 0 Å². The lowest BCUT2D eigenvalue weighted by molar-refractivity contribution is -0.141. The molecule has 2 aliphatic rings. The summed E-state index contributed by atoms with van der Waals surface area (Å²) < 4.78 is 0. The van der Waals surface area contributed by atoms with Crippen LogP contribution in [0.4, 0.5) is 0 Å². The first-order valence-corrected chi connectivity index (χ1v) is 8.96. The molecule has 2 rings (SSSR count). The molecule has 3 nitrogen and oxygen atoms in total. The van der Waals surface area contributed by atoms with Gasteiger partial charge >= 0.3 is 0 Å². The Hall–Kier alpha value is -0.220. The second-order valence-corrected chi connectivity index (χ2v) is 7.47. The van der Waals surface area contributed by atoms with E-state index in [0.29, 0.717) is 11.9 Å². The van der Waals surface area contributed by atoms with E-state index >= 15 is 0 Å². The minimum absolute atomic E-state index is 0.216. The van der Waals surface area contributed by atoms with Gasteiger partial charge < -0.3 is 4.90 Å². The van der Waals surface area contributed by atoms with Crippen LogP contribution in [-0.2, 0) is 4.79 Å². The van der Waals surface area contributed by atoms with Crippen molar-refractivity contribution in [3.05, 3.63) is 0 Å². The van der Waals surface area contributed by atoms with Crippen LogP contribution in [0.3, 0.4) is 0 Å². The van der Waals surface area contributed by atoms with Crippen molar-refractivity contribution < 1.29 is 4.79 Å². The van der Waals surface area contributed by atoms with E-state index in [0.717, 1.165) is 18.8 Å². The van der Waals surface area contributed by atoms with Gasteiger partial charge in [0.25, 0.3) is 0 Å². The highest BCUT2D eigenvalue weighted by Crippen LogP contribution is 2.27. The highest BCUT2D eigenvalue weighted by atomic mass is 32.2. The van der Waals surface area contributed by atoms with Crippen LogP contribution < -0.4 is 0 Å². The molecule has 110 valence electrons. The fourth-order valence-corrected chi connectivity index (χ4v) is 4.24. The van der Waals surface area contributed by atoms with Gasteiger partial charge in [0.2, 0.25) is 5.91 Å². The summed E-state index contributed by atoms with van der Waals surface area (Å²) in [5.41, 5.74) is -0.216. The molecule has 0 spiro atoms. The SMILES string of the molecule is CSCC(C)(C)C(=O)N1CCC[C@@H](N2CCCC2)C1. The fraction of sp³-hybridized carbons (Fsp3) is 0.933. The van der Waals surface area contributed by atoms with Crippen LogP contribution in [0.2, 0.25) is 0 Å². The summed E-state index contributed by atoms with van der Waals surface area (Å²) in [5.74, 6) is 1.27. The molecule has 0 unspecified atom stereocenters. The summed E-state index contributed by atoms with van der Waals surface area (Å²) in [6, 6.07) is 0.616. The number of hydrogen-bond acceptors (Lipinski definition) is 3. The molecule has 0 aromatic rings. The second-order valence-electron chi connectivity index (χ2n) is 6.61. The summed E-state index contributed by atoms with van der Waals surface area (Å²) in [6.45, 7) is 8.57. The van der Waals surface area contributed by atoms with E-state index in [-0.39, 0.29) is 5.41 Å². The van der Waals surface area contributed by atoms with Crippen molar-refractivity contribution >= 4 is 17.7 Å². The molecule has 0 aromatic carbocycles. The number of rotatable bonds is 4. The molecule has 0 radical (unpaired) electrons. The lowest BCUT2D eigenvalue weighted by Crippen LogP contribution is -2.52. The topological polar surface area (TPSA) is 23.6 Å². The molecule has 0 bridgehead atoms. The Morgan fingerprint density at radius 1 is 1.21 bits per heavy atom. The van der Waals surface area contributed by atoms with Crippen molar-refractivity contribution in [2.45, 2.75) is 45.6 Å². The average Bonchev–Trinajstić information content (AvgIpc) is 2.92. The van der Waals surface area contributed by atoms with Gasteiger partial charge in [-0.25, -0.2) is 0 Å². The molecule has 0 aliphatic carbocycles. The molecule has 2 heterocycles. The van der Waals surface area contributed by atoms with Crippen LogP contribution in [-0.4, -0.2) is 59.9 Å². The zero-order chi connectivity index (χ0) is 13.9. The largest absolute Gasteiger partial charge is 0.341 e. The van der Waals surface area contributed by atoms with Crippen LogP contribution in [0, 0.1) is 5.41 Å². The molecular formula is C15H28N2OS. The molecule has 1 amide bonds. The zero-order valence-corrected chi connectivity index (χ0v) is 13.5. The first-order chi connectivity index (χ1) is 9.04. The Morgan fingerprint density at radius 3 is 2.53 bits per heavy atom. The average molecular weight is 284 g/mol. The summed E-state index contributed by atoms with van der Waals surface area (Å²) in [7, 11) is 0. The smallest absolute Gasteiger partial charge is 0.229 e. The van der Waals surface area contributed by atoms with E-state index in [2.05, 4.69) is 29.9 Å². The summed E-state index contributed by atoms with van der Waals surface area (Å²) in [4.78, 5) is 17.4. The highest BCUT2D eigenvalue weighted by molar-refractivity contribution is 7.98. The van der Waals surface area contributed by atoms with Crippen molar-refractivity contribution in [3.8, 4) is 0 Å². The maximum absolute atomic E-state index is 12.7. The molecule has 0 aromatic heterocycles. The van der Waals surface area contributed by atoms with Gasteiger partial charge in [-0.1, -0.05) is 13.8 Å². The Bertz CT molecular complexity index is 313. The number of hydrogen-bond donors (Lipinski definition) is 0. The molecule has 2 saturated heterocycles. The zero-order valence-electron chi connectivity index (χ0n) is 12.7. The normalized spacial score (nSPS) is 25.8. The van der Waals surface area contributed by atoms with Gasteiger partial charge in [0.15, 0.2) is 0 Å². The quantitative estimate of drug-likeness (QED) is 0.792. The van der Waals surface area contributed by atoms with Gasteiger partial charge in [0.05, 0.1) is 5.41 Å². The molecule has 4 heteroatoms. The third-order valence-corrected chi connectivity index (χ3v) is 5.44. The maximum atomic E-state index is 12.7. The van der Waals surface area contributed by atoms with Gasteiger partial charge in [-0.3, -0.25) is 9.69 Å². The third-order valence-electron chi connectivity index (χ3n) is 4.42. The van der Waals surface area contributed by atoms with Crippen molar-refractivity contribution in [2.75, 3.05) is 38.2 Å². The van der Waals surface area contributed by atoms with Crippen LogP contribution in [0.5, 0.6) is 0 Å². The van der Waals surface area contributed by atoms with Gasteiger partial charge in [-0.2, -0.15) is 11.8 Å². The fourth-order valence-electron chi connectivity index (χ4n) is 3.39. The van der Waals surface area contributed by atoms with Crippen LogP contribution in [0.1, 0.15) is 39.5 Å². The number of likely N-dealkylation sites (tertiary alicyclic amines) is 2. The van der Waals surface area contributed by atoms with Crippen LogP contribution >= 0.6 is 11.8 Å². The van der Waals surface area contributed by atoms with E-state index < -0.39 is 0 Å². The maximum Gasteiger partial charge on any atom is 0.229 e. The standard InChI is InChI=1S/C15H28N2OS/c1-15(2,12-19-3)14(18)17-10-6-7-13(11-17)16-8-4-5-9-16/h13H,4-12H2,1-3H3/t13-/m1/s1. The minimum atomic E-state index is -0.216. The molecule has 1 atom stereocenters. The monoisotopic (exact) mass is 284 g/mol. The Kier molecular flexibility index (Phi) is 5.18. The van der Waals surface area contributed by atoms with Crippen molar-refractivity contribution in [1.29, 1.82) is 0 Å². The van der Waals surface area contributed by atoms with E-state index in [1.54, 1.807) is 11.8 Å². The predicted octanol–water partition coefficient (Wildman–Crippen LogP) is 2.46. The number of nitrogens with zero attached hydrogens (tertiary/aromatic N) is 2. The van der Waals surface area contributed by atoms with Crippen molar-refractivity contribution in [1.82, 2.24) is 9.80 Å². The second kappa shape index (κ2) is 6.49. The summed E-state index contributed by atoms with van der Waals surface area (Å²) in [6.07, 6.45) is 7.19. The Balaban J connectivity index is 1.94. The highest BCUT2D eigenvalue weighted by Gasteiger charge is 2.35. The third kappa shape index (κ3) is 3.66. The molecule has 19 heavy (non-hydrogen) atoms. The lowest BCUT2D eigenvalue weighted by Gasteiger charge is -2.40. The Labute approximate surface area is 122 Å². The van der Waals surface area contributed by atoms with E-state index in [1.807, 2.05) is 0 Å². The van der Waals surface area contributed by atoms with Gasteiger partial charge in [0.1, 0.15) is 0 Å². The predicted molar refractivity (Wildman–Crippen MR) is 82.6 cm³/mol. The molecule has 0 saturated carbocycles. The van der Waals surface area contributed by atoms with Crippen molar-refractivity contribution in [3.63, 3.8) is 0 Å². The van der Waals surface area contributed by atoms with E-state index in [4.69, 9.17) is 0 Å². The first-order valence-electron chi connectivity index (χ1n) is 7.57. The Morgan fingerprint density at radius 2 is 1.89 bits per heavy atom. The molecular weight excluding hydrogens is 256 g/mol. The number of carbonyl (C=O) groups is 1. The van der Waals surface area contributed by atoms with E-state index in [1.165, 1.54) is 38.8 Å². The van der Waals surface area contributed by atoms with Crippen LogP contribution in [0.25, 0.3) is 0 Å². The minimum Gasteiger partial charge on any atom is -0.341 e. The van der Waals surface area contributed by atoms with Crippen molar-refractivity contribution in [2.24, 2.45) is 5.41 Å². The summed E-state index contributed by atoms with van der Waals surface area (Å²) >= 11 is 1.77.